The molecular weight excluding hydrogens is 256 g/mol. The monoisotopic (exact) mass is 278 g/mol. The van der Waals surface area contributed by atoms with Crippen molar-refractivity contribution in [1.29, 1.82) is 0 Å². The van der Waals surface area contributed by atoms with Crippen molar-refractivity contribution >= 4 is 17.6 Å². The normalized spacial score (nSPS) is 23.8. The average molecular weight is 278 g/mol. The molecule has 0 amide bonds. The number of aromatic nitrogens is 2. The van der Waals surface area contributed by atoms with Gasteiger partial charge in [0.2, 0.25) is 5.95 Å². The first-order chi connectivity index (χ1) is 9.67. The van der Waals surface area contributed by atoms with E-state index in [0.717, 1.165) is 44.5 Å². The third-order valence-corrected chi connectivity index (χ3v) is 3.99. The van der Waals surface area contributed by atoms with E-state index >= 15 is 0 Å². The molecule has 2 saturated heterocycles. The van der Waals surface area contributed by atoms with Crippen LogP contribution in [0.15, 0.2) is 6.07 Å². The molecule has 110 valence electrons. The van der Waals surface area contributed by atoms with E-state index in [9.17, 15) is 0 Å². The summed E-state index contributed by atoms with van der Waals surface area (Å²) in [4.78, 5) is 13.2. The van der Waals surface area contributed by atoms with Crippen molar-refractivity contribution in [3.8, 4) is 0 Å². The van der Waals surface area contributed by atoms with E-state index in [4.69, 9.17) is 10.5 Å². The van der Waals surface area contributed by atoms with Crippen molar-refractivity contribution in [3.05, 3.63) is 6.07 Å². The third-order valence-electron chi connectivity index (χ3n) is 3.99. The van der Waals surface area contributed by atoms with E-state index < -0.39 is 0 Å². The summed E-state index contributed by atoms with van der Waals surface area (Å²) in [7, 11) is 1.98. The number of hydrogen-bond acceptors (Lipinski definition) is 7. The Balaban J connectivity index is 1.80. The van der Waals surface area contributed by atoms with Gasteiger partial charge in [0.25, 0.3) is 0 Å². The summed E-state index contributed by atoms with van der Waals surface area (Å²) in [5.41, 5.74) is 5.87. The molecule has 3 rings (SSSR count). The summed E-state index contributed by atoms with van der Waals surface area (Å²) in [6, 6.07) is 2.88. The van der Waals surface area contributed by atoms with Gasteiger partial charge < -0.3 is 25.6 Å². The van der Waals surface area contributed by atoms with Gasteiger partial charge in [-0.2, -0.15) is 9.97 Å². The minimum Gasteiger partial charge on any atom is -0.377 e. The van der Waals surface area contributed by atoms with Gasteiger partial charge in [0.05, 0.1) is 19.3 Å². The van der Waals surface area contributed by atoms with Gasteiger partial charge in [0.1, 0.15) is 11.6 Å². The van der Waals surface area contributed by atoms with Crippen LogP contribution in [0.2, 0.25) is 0 Å². The highest BCUT2D eigenvalue weighted by molar-refractivity contribution is 5.56. The predicted molar refractivity (Wildman–Crippen MR) is 79.1 cm³/mol. The molecule has 2 aliphatic heterocycles. The Morgan fingerprint density at radius 1 is 1.35 bits per heavy atom. The van der Waals surface area contributed by atoms with Crippen LogP contribution in [0.5, 0.6) is 0 Å². The topological polar surface area (TPSA) is 79.5 Å². The Hall–Kier alpha value is -1.60. The highest BCUT2D eigenvalue weighted by Crippen LogP contribution is 2.25. The van der Waals surface area contributed by atoms with Crippen LogP contribution in [0, 0.1) is 0 Å². The summed E-state index contributed by atoms with van der Waals surface area (Å²) < 4.78 is 5.47. The number of morpholine rings is 1. The lowest BCUT2D eigenvalue weighted by atomic mass is 10.1. The standard InChI is InChI=1S/C13H22N6O/c1-9-8-20-4-3-19(9)12-5-11(16-13(14)17-12)18-6-10(7-18)15-2/h5,9-10,15H,3-4,6-8H2,1-2H3,(H2,14,16,17)/t9-/m1/s1. The van der Waals surface area contributed by atoms with Crippen molar-refractivity contribution in [2.75, 3.05) is 55.4 Å². The first kappa shape index (κ1) is 13.4. The van der Waals surface area contributed by atoms with E-state index in [1.807, 2.05) is 13.1 Å². The number of hydrogen-bond donors (Lipinski definition) is 2. The molecule has 3 heterocycles. The zero-order chi connectivity index (χ0) is 14.1. The molecule has 2 aliphatic rings. The highest BCUT2D eigenvalue weighted by atomic mass is 16.5. The maximum atomic E-state index is 5.87. The Morgan fingerprint density at radius 2 is 2.10 bits per heavy atom. The molecule has 3 N–H and O–H groups in total. The van der Waals surface area contributed by atoms with Gasteiger partial charge >= 0.3 is 0 Å². The second-order valence-electron chi connectivity index (χ2n) is 5.45. The fourth-order valence-electron chi connectivity index (χ4n) is 2.66. The van der Waals surface area contributed by atoms with Crippen molar-refractivity contribution in [2.45, 2.75) is 19.0 Å². The Morgan fingerprint density at radius 3 is 2.80 bits per heavy atom. The maximum absolute atomic E-state index is 5.87. The lowest BCUT2D eigenvalue weighted by molar-refractivity contribution is 0.0985. The first-order valence-electron chi connectivity index (χ1n) is 7.08. The van der Waals surface area contributed by atoms with E-state index in [1.165, 1.54) is 0 Å². The summed E-state index contributed by atoms with van der Waals surface area (Å²) in [6.07, 6.45) is 0. The van der Waals surface area contributed by atoms with Crippen LogP contribution in [-0.2, 0) is 4.74 Å². The van der Waals surface area contributed by atoms with Gasteiger partial charge in [0.15, 0.2) is 0 Å². The van der Waals surface area contributed by atoms with Gasteiger partial charge in [-0.1, -0.05) is 0 Å². The Labute approximate surface area is 119 Å². The fraction of sp³-hybridized carbons (Fsp3) is 0.692. The predicted octanol–water partition coefficient (Wildman–Crippen LogP) is -0.308. The third kappa shape index (κ3) is 2.51. The van der Waals surface area contributed by atoms with Crippen LogP contribution < -0.4 is 20.9 Å². The van der Waals surface area contributed by atoms with Crippen LogP contribution in [0.1, 0.15) is 6.92 Å². The molecule has 0 bridgehead atoms. The molecule has 0 aliphatic carbocycles. The number of nitrogens with two attached hydrogens (primary N) is 1. The van der Waals surface area contributed by atoms with Crippen LogP contribution in [0.4, 0.5) is 17.6 Å². The van der Waals surface area contributed by atoms with Crippen LogP contribution in [0.3, 0.4) is 0 Å². The second kappa shape index (κ2) is 5.41. The van der Waals surface area contributed by atoms with Gasteiger partial charge in [-0.25, -0.2) is 0 Å². The molecule has 0 unspecified atom stereocenters. The number of rotatable bonds is 3. The van der Waals surface area contributed by atoms with Gasteiger partial charge in [-0.3, -0.25) is 0 Å². The lowest BCUT2D eigenvalue weighted by Gasteiger charge is -2.40. The molecule has 1 aromatic rings. The zero-order valence-corrected chi connectivity index (χ0v) is 12.0. The summed E-state index contributed by atoms with van der Waals surface area (Å²) >= 11 is 0. The molecule has 0 saturated carbocycles. The molecule has 0 aromatic carbocycles. The first-order valence-corrected chi connectivity index (χ1v) is 7.08. The number of nitrogen functional groups attached to an aromatic ring is 1. The molecular formula is C13H22N6O. The minimum absolute atomic E-state index is 0.312. The van der Waals surface area contributed by atoms with Crippen molar-refractivity contribution in [2.24, 2.45) is 0 Å². The number of nitrogens with zero attached hydrogens (tertiary/aromatic N) is 4. The summed E-state index contributed by atoms with van der Waals surface area (Å²) in [5.74, 6) is 2.15. The largest absolute Gasteiger partial charge is 0.377 e. The number of ether oxygens (including phenoxy) is 1. The van der Waals surface area contributed by atoms with E-state index in [-0.39, 0.29) is 0 Å². The zero-order valence-electron chi connectivity index (χ0n) is 12.0. The minimum atomic E-state index is 0.312. The average Bonchev–Trinajstić information content (AvgIpc) is 2.37. The summed E-state index contributed by atoms with van der Waals surface area (Å²) in [6.45, 7) is 6.37. The quantitative estimate of drug-likeness (QED) is 0.785. The fourth-order valence-corrected chi connectivity index (χ4v) is 2.66. The van der Waals surface area contributed by atoms with E-state index in [1.54, 1.807) is 0 Å². The Bertz CT molecular complexity index is 476. The smallest absolute Gasteiger partial charge is 0.223 e. The molecule has 7 nitrogen and oxygen atoms in total. The molecule has 2 fully saturated rings. The van der Waals surface area contributed by atoms with Gasteiger partial charge in [-0.05, 0) is 14.0 Å². The van der Waals surface area contributed by atoms with E-state index in [0.29, 0.717) is 18.0 Å². The molecule has 20 heavy (non-hydrogen) atoms. The Kier molecular flexibility index (Phi) is 3.62. The van der Waals surface area contributed by atoms with Crippen LogP contribution >= 0.6 is 0 Å². The lowest BCUT2D eigenvalue weighted by Crippen LogP contribution is -2.57. The summed E-state index contributed by atoms with van der Waals surface area (Å²) in [5, 5.41) is 3.26. The van der Waals surface area contributed by atoms with E-state index in [2.05, 4.69) is 32.0 Å². The molecule has 1 atom stereocenters. The maximum Gasteiger partial charge on any atom is 0.223 e. The van der Waals surface area contributed by atoms with Crippen LogP contribution in [-0.4, -0.2) is 61.9 Å². The van der Waals surface area contributed by atoms with Crippen molar-refractivity contribution in [3.63, 3.8) is 0 Å². The molecule has 1 aromatic heterocycles. The molecule has 7 heteroatoms. The van der Waals surface area contributed by atoms with Gasteiger partial charge in [0, 0.05) is 31.7 Å². The van der Waals surface area contributed by atoms with Crippen LogP contribution in [0.25, 0.3) is 0 Å². The number of likely N-dealkylation sites (N-methyl/N-ethyl adjacent to an activating group) is 1. The highest BCUT2D eigenvalue weighted by Gasteiger charge is 2.28. The molecule has 0 radical (unpaired) electrons. The second-order valence-corrected chi connectivity index (χ2v) is 5.45. The SMILES string of the molecule is CNC1CN(c2cc(N3CCOC[C@H]3C)nc(N)n2)C1. The van der Waals surface area contributed by atoms with Crippen molar-refractivity contribution in [1.82, 2.24) is 15.3 Å². The number of nitrogens with one attached hydrogen (secondary N) is 1. The van der Waals surface area contributed by atoms with Crippen molar-refractivity contribution < 1.29 is 4.74 Å². The molecule has 0 spiro atoms. The van der Waals surface area contributed by atoms with Gasteiger partial charge in [-0.15, -0.1) is 0 Å². The number of anilines is 3.